The molecule has 1 aliphatic rings. The number of para-hydroxylation sites is 1. The van der Waals surface area contributed by atoms with Crippen molar-refractivity contribution in [3.05, 3.63) is 65.2 Å². The van der Waals surface area contributed by atoms with Gasteiger partial charge in [0, 0.05) is 0 Å². The monoisotopic (exact) mass is 280 g/mol. The van der Waals surface area contributed by atoms with Gasteiger partial charge in [-0.05, 0) is 46.4 Å². The SMILES string of the molecule is COc1ccccc1[C@@H]1CC(C)(C)c2ccccc2[C@@H]1C. The molecular formula is C20H24O. The van der Waals surface area contributed by atoms with Crippen LogP contribution in [0.2, 0.25) is 0 Å². The normalized spacial score (nSPS) is 23.4. The molecule has 0 bridgehead atoms. The summed E-state index contributed by atoms with van der Waals surface area (Å²) in [6.07, 6.45) is 1.16. The maximum atomic E-state index is 5.60. The molecule has 2 atom stereocenters. The molecule has 0 saturated heterocycles. The van der Waals surface area contributed by atoms with Crippen molar-refractivity contribution in [3.63, 3.8) is 0 Å². The molecule has 0 spiro atoms. The van der Waals surface area contributed by atoms with Crippen LogP contribution in [0, 0.1) is 0 Å². The first-order valence-electron chi connectivity index (χ1n) is 7.77. The van der Waals surface area contributed by atoms with Crippen LogP contribution in [0.15, 0.2) is 48.5 Å². The van der Waals surface area contributed by atoms with E-state index in [1.165, 1.54) is 16.7 Å². The molecule has 0 amide bonds. The first-order chi connectivity index (χ1) is 10.0. The van der Waals surface area contributed by atoms with Gasteiger partial charge in [0.1, 0.15) is 5.75 Å². The zero-order valence-corrected chi connectivity index (χ0v) is 13.4. The maximum absolute atomic E-state index is 5.60. The lowest BCUT2D eigenvalue weighted by atomic mass is 9.62. The number of benzene rings is 2. The van der Waals surface area contributed by atoms with Crippen molar-refractivity contribution in [2.75, 3.05) is 7.11 Å². The summed E-state index contributed by atoms with van der Waals surface area (Å²) in [5.74, 6) is 2.04. The Balaban J connectivity index is 2.11. The van der Waals surface area contributed by atoms with Gasteiger partial charge in [-0.3, -0.25) is 0 Å². The molecule has 1 nitrogen and oxygen atoms in total. The third-order valence-corrected chi connectivity index (χ3v) is 5.05. The van der Waals surface area contributed by atoms with Gasteiger partial charge >= 0.3 is 0 Å². The summed E-state index contributed by atoms with van der Waals surface area (Å²) in [4.78, 5) is 0. The molecule has 0 fully saturated rings. The van der Waals surface area contributed by atoms with Crippen molar-refractivity contribution < 1.29 is 4.74 Å². The van der Waals surface area contributed by atoms with Gasteiger partial charge < -0.3 is 4.74 Å². The molecule has 1 heteroatoms. The van der Waals surface area contributed by atoms with Crippen LogP contribution in [0.4, 0.5) is 0 Å². The Morgan fingerprint density at radius 3 is 2.29 bits per heavy atom. The Bertz CT molecular complexity index is 642. The Morgan fingerprint density at radius 1 is 0.952 bits per heavy atom. The molecule has 0 aromatic heterocycles. The van der Waals surface area contributed by atoms with Crippen LogP contribution < -0.4 is 4.74 Å². The number of fused-ring (bicyclic) bond motifs is 1. The van der Waals surface area contributed by atoms with E-state index >= 15 is 0 Å². The highest BCUT2D eigenvalue weighted by molar-refractivity contribution is 5.45. The molecule has 0 heterocycles. The van der Waals surface area contributed by atoms with Gasteiger partial charge in [0.15, 0.2) is 0 Å². The predicted molar refractivity (Wildman–Crippen MR) is 88.2 cm³/mol. The molecule has 1 aliphatic carbocycles. The Morgan fingerprint density at radius 2 is 1.57 bits per heavy atom. The quantitative estimate of drug-likeness (QED) is 0.728. The zero-order chi connectivity index (χ0) is 15.0. The average Bonchev–Trinajstić information content (AvgIpc) is 2.51. The van der Waals surface area contributed by atoms with E-state index in [1.807, 2.05) is 0 Å². The van der Waals surface area contributed by atoms with Crippen LogP contribution in [-0.4, -0.2) is 7.11 Å². The van der Waals surface area contributed by atoms with Gasteiger partial charge in [0.05, 0.1) is 7.11 Å². The van der Waals surface area contributed by atoms with Crippen LogP contribution in [-0.2, 0) is 5.41 Å². The van der Waals surface area contributed by atoms with E-state index in [0.717, 1.165) is 12.2 Å². The number of methoxy groups -OCH3 is 1. The molecule has 110 valence electrons. The number of hydrogen-bond donors (Lipinski definition) is 0. The standard InChI is InChI=1S/C20H24O/c1-14-15-9-5-7-11-18(15)20(2,3)13-17(14)16-10-6-8-12-19(16)21-4/h5-12,14,17H,13H2,1-4H3/t14-,17+/m0/s1. The zero-order valence-electron chi connectivity index (χ0n) is 13.4. The largest absolute Gasteiger partial charge is 0.496 e. The van der Waals surface area contributed by atoms with Crippen molar-refractivity contribution in [2.24, 2.45) is 0 Å². The molecule has 0 N–H and O–H groups in total. The van der Waals surface area contributed by atoms with Crippen LogP contribution in [0.5, 0.6) is 5.75 Å². The topological polar surface area (TPSA) is 9.23 Å². The van der Waals surface area contributed by atoms with Crippen molar-refractivity contribution in [3.8, 4) is 5.75 Å². The smallest absolute Gasteiger partial charge is 0.122 e. The summed E-state index contributed by atoms with van der Waals surface area (Å²) in [6, 6.07) is 17.4. The van der Waals surface area contributed by atoms with E-state index in [4.69, 9.17) is 4.74 Å². The summed E-state index contributed by atoms with van der Waals surface area (Å²) in [7, 11) is 1.77. The van der Waals surface area contributed by atoms with Crippen LogP contribution in [0.1, 0.15) is 55.7 Å². The van der Waals surface area contributed by atoms with Gasteiger partial charge in [-0.15, -0.1) is 0 Å². The second-order valence-corrected chi connectivity index (χ2v) is 6.81. The summed E-state index contributed by atoms with van der Waals surface area (Å²) < 4.78 is 5.60. The highest BCUT2D eigenvalue weighted by atomic mass is 16.5. The molecule has 0 radical (unpaired) electrons. The van der Waals surface area contributed by atoms with E-state index in [2.05, 4.69) is 69.3 Å². The van der Waals surface area contributed by atoms with Crippen LogP contribution >= 0.6 is 0 Å². The fourth-order valence-corrected chi connectivity index (χ4v) is 3.92. The van der Waals surface area contributed by atoms with Crippen molar-refractivity contribution in [2.45, 2.75) is 44.4 Å². The lowest BCUT2D eigenvalue weighted by Gasteiger charge is -2.42. The van der Waals surface area contributed by atoms with E-state index < -0.39 is 0 Å². The molecule has 21 heavy (non-hydrogen) atoms. The summed E-state index contributed by atoms with van der Waals surface area (Å²) >= 11 is 0. The fourth-order valence-electron chi connectivity index (χ4n) is 3.92. The molecular weight excluding hydrogens is 256 g/mol. The van der Waals surface area contributed by atoms with E-state index in [0.29, 0.717) is 11.8 Å². The van der Waals surface area contributed by atoms with Gasteiger partial charge in [0.25, 0.3) is 0 Å². The summed E-state index contributed by atoms with van der Waals surface area (Å²) in [5.41, 5.74) is 4.54. The summed E-state index contributed by atoms with van der Waals surface area (Å²) in [5, 5.41) is 0. The highest BCUT2D eigenvalue weighted by Gasteiger charge is 2.38. The predicted octanol–water partition coefficient (Wildman–Crippen LogP) is 5.26. The van der Waals surface area contributed by atoms with E-state index in [1.54, 1.807) is 7.11 Å². The Labute approximate surface area is 128 Å². The first kappa shape index (κ1) is 14.2. The second kappa shape index (κ2) is 5.22. The molecule has 0 unspecified atom stereocenters. The lowest BCUT2D eigenvalue weighted by molar-refractivity contribution is 0.342. The van der Waals surface area contributed by atoms with Gasteiger partial charge in [-0.1, -0.05) is 63.2 Å². The van der Waals surface area contributed by atoms with Gasteiger partial charge in [-0.25, -0.2) is 0 Å². The highest BCUT2D eigenvalue weighted by Crippen LogP contribution is 2.51. The molecule has 2 aromatic rings. The van der Waals surface area contributed by atoms with Gasteiger partial charge in [-0.2, -0.15) is 0 Å². The third-order valence-electron chi connectivity index (χ3n) is 5.05. The molecule has 2 aromatic carbocycles. The second-order valence-electron chi connectivity index (χ2n) is 6.81. The minimum absolute atomic E-state index is 0.203. The maximum Gasteiger partial charge on any atom is 0.122 e. The van der Waals surface area contributed by atoms with E-state index in [-0.39, 0.29) is 5.41 Å². The average molecular weight is 280 g/mol. The first-order valence-corrected chi connectivity index (χ1v) is 7.77. The van der Waals surface area contributed by atoms with Crippen molar-refractivity contribution in [1.29, 1.82) is 0 Å². The number of rotatable bonds is 2. The fraction of sp³-hybridized carbons (Fsp3) is 0.400. The Hall–Kier alpha value is -1.76. The van der Waals surface area contributed by atoms with Crippen LogP contribution in [0.3, 0.4) is 0 Å². The molecule has 0 saturated carbocycles. The molecule has 3 rings (SSSR count). The Kier molecular flexibility index (Phi) is 3.52. The number of ether oxygens (including phenoxy) is 1. The van der Waals surface area contributed by atoms with E-state index in [9.17, 15) is 0 Å². The summed E-state index contributed by atoms with van der Waals surface area (Å²) in [6.45, 7) is 7.07. The van der Waals surface area contributed by atoms with Crippen LogP contribution in [0.25, 0.3) is 0 Å². The minimum atomic E-state index is 0.203. The van der Waals surface area contributed by atoms with Gasteiger partial charge in [0.2, 0.25) is 0 Å². The third kappa shape index (κ3) is 2.35. The lowest BCUT2D eigenvalue weighted by Crippen LogP contribution is -2.31. The van der Waals surface area contributed by atoms with Crippen molar-refractivity contribution in [1.82, 2.24) is 0 Å². The molecule has 0 aliphatic heterocycles. The van der Waals surface area contributed by atoms with Crippen molar-refractivity contribution >= 4 is 0 Å². The minimum Gasteiger partial charge on any atom is -0.496 e. The number of hydrogen-bond acceptors (Lipinski definition) is 1.